The Hall–Kier alpha value is -2.91. The Bertz CT molecular complexity index is 913. The van der Waals surface area contributed by atoms with Crippen LogP contribution in [0.3, 0.4) is 0 Å². The Morgan fingerprint density at radius 2 is 1.67 bits per heavy atom. The first-order chi connectivity index (χ1) is 15.8. The second-order valence-electron chi connectivity index (χ2n) is 8.72. The summed E-state index contributed by atoms with van der Waals surface area (Å²) < 4.78 is 22.4. The highest BCUT2D eigenvalue weighted by molar-refractivity contribution is 5.56. The van der Waals surface area contributed by atoms with E-state index in [1.165, 1.54) is 5.56 Å². The zero-order valence-electron chi connectivity index (χ0n) is 21.1. The van der Waals surface area contributed by atoms with Crippen molar-refractivity contribution in [3.05, 3.63) is 47.5 Å². The second-order valence-corrected chi connectivity index (χ2v) is 8.72. The lowest BCUT2D eigenvalue weighted by molar-refractivity contribution is 0.228. The molecule has 1 atom stereocenters. The minimum Gasteiger partial charge on any atom is -0.493 e. The molecular weight excluding hydrogens is 416 g/mol. The van der Waals surface area contributed by atoms with E-state index in [4.69, 9.17) is 18.9 Å². The highest BCUT2D eigenvalue weighted by Crippen LogP contribution is 2.45. The summed E-state index contributed by atoms with van der Waals surface area (Å²) in [5, 5.41) is 10.3. The van der Waals surface area contributed by atoms with Crippen molar-refractivity contribution in [2.45, 2.75) is 39.0 Å². The van der Waals surface area contributed by atoms with E-state index in [0.717, 1.165) is 37.2 Å². The fourth-order valence-corrected chi connectivity index (χ4v) is 4.12. The summed E-state index contributed by atoms with van der Waals surface area (Å²) in [5.74, 6) is 2.68. The van der Waals surface area contributed by atoms with Gasteiger partial charge in [-0.15, -0.1) is 0 Å². The SMILES string of the molecule is COc1cc(C(C#N)(CCCN(C)CCOc2cccc(C)c2)C(C)C)cc(OC)c1OC. The molecule has 33 heavy (non-hydrogen) atoms. The Balaban J connectivity index is 2.06. The molecule has 0 bridgehead atoms. The van der Waals surface area contributed by atoms with Crippen LogP contribution in [0.4, 0.5) is 0 Å². The molecule has 6 heteroatoms. The van der Waals surface area contributed by atoms with Crippen LogP contribution in [0.5, 0.6) is 23.0 Å². The maximum atomic E-state index is 10.3. The van der Waals surface area contributed by atoms with Crippen LogP contribution in [0.1, 0.15) is 37.8 Å². The molecule has 2 aromatic carbocycles. The van der Waals surface area contributed by atoms with E-state index < -0.39 is 5.41 Å². The molecule has 0 heterocycles. The number of ether oxygens (including phenoxy) is 4. The number of nitriles is 1. The molecule has 0 aromatic heterocycles. The maximum Gasteiger partial charge on any atom is 0.203 e. The van der Waals surface area contributed by atoms with Gasteiger partial charge < -0.3 is 23.8 Å². The van der Waals surface area contributed by atoms with E-state index in [2.05, 4.69) is 44.9 Å². The fraction of sp³-hybridized carbons (Fsp3) is 0.519. The molecule has 0 saturated heterocycles. The van der Waals surface area contributed by atoms with Crippen molar-refractivity contribution in [3.63, 3.8) is 0 Å². The number of rotatable bonds is 13. The minimum absolute atomic E-state index is 0.111. The summed E-state index contributed by atoms with van der Waals surface area (Å²) in [7, 11) is 6.86. The van der Waals surface area contributed by atoms with Crippen molar-refractivity contribution in [2.24, 2.45) is 5.92 Å². The first-order valence-electron chi connectivity index (χ1n) is 11.4. The van der Waals surface area contributed by atoms with Crippen molar-refractivity contribution < 1.29 is 18.9 Å². The monoisotopic (exact) mass is 454 g/mol. The zero-order valence-corrected chi connectivity index (χ0v) is 21.1. The predicted octanol–water partition coefficient (Wildman–Crippen LogP) is 5.23. The molecule has 0 radical (unpaired) electrons. The van der Waals surface area contributed by atoms with Crippen LogP contribution in [0.2, 0.25) is 0 Å². The molecule has 0 amide bonds. The van der Waals surface area contributed by atoms with Gasteiger partial charge in [0, 0.05) is 6.54 Å². The van der Waals surface area contributed by atoms with Crippen molar-refractivity contribution in [1.29, 1.82) is 5.26 Å². The number of hydrogen-bond donors (Lipinski definition) is 0. The molecule has 180 valence electrons. The van der Waals surface area contributed by atoms with Crippen molar-refractivity contribution in [1.82, 2.24) is 4.90 Å². The second kappa shape index (κ2) is 12.4. The number of methoxy groups -OCH3 is 3. The first-order valence-corrected chi connectivity index (χ1v) is 11.4. The number of benzene rings is 2. The summed E-state index contributed by atoms with van der Waals surface area (Å²) >= 11 is 0. The van der Waals surface area contributed by atoms with E-state index in [1.807, 2.05) is 30.3 Å². The number of likely N-dealkylation sites (N-methyl/N-ethyl adjacent to an activating group) is 1. The number of nitrogens with zero attached hydrogens (tertiary/aromatic N) is 2. The fourth-order valence-electron chi connectivity index (χ4n) is 4.12. The zero-order chi connectivity index (χ0) is 24.4. The maximum absolute atomic E-state index is 10.3. The van der Waals surface area contributed by atoms with Crippen LogP contribution in [0.25, 0.3) is 0 Å². The summed E-state index contributed by atoms with van der Waals surface area (Å²) in [5.41, 5.74) is 1.42. The third kappa shape index (κ3) is 6.55. The van der Waals surface area contributed by atoms with E-state index in [0.29, 0.717) is 23.9 Å². The molecule has 0 saturated carbocycles. The van der Waals surface area contributed by atoms with Gasteiger partial charge in [-0.2, -0.15) is 5.26 Å². The molecular formula is C27H38N2O4. The average Bonchev–Trinajstić information content (AvgIpc) is 2.80. The van der Waals surface area contributed by atoms with Gasteiger partial charge in [-0.05, 0) is 74.7 Å². The van der Waals surface area contributed by atoms with E-state index in [-0.39, 0.29) is 5.92 Å². The van der Waals surface area contributed by atoms with Gasteiger partial charge in [0.05, 0.1) is 32.8 Å². The quantitative estimate of drug-likeness (QED) is 0.413. The van der Waals surface area contributed by atoms with Gasteiger partial charge in [-0.3, -0.25) is 0 Å². The van der Waals surface area contributed by atoms with Gasteiger partial charge >= 0.3 is 0 Å². The number of hydrogen-bond acceptors (Lipinski definition) is 6. The van der Waals surface area contributed by atoms with E-state index >= 15 is 0 Å². The van der Waals surface area contributed by atoms with E-state index in [9.17, 15) is 5.26 Å². The van der Waals surface area contributed by atoms with Crippen molar-refractivity contribution >= 4 is 0 Å². The van der Waals surface area contributed by atoms with Gasteiger partial charge in [-0.25, -0.2) is 0 Å². The van der Waals surface area contributed by atoms with Crippen molar-refractivity contribution in [2.75, 3.05) is 48.1 Å². The Morgan fingerprint density at radius 1 is 1.00 bits per heavy atom. The van der Waals surface area contributed by atoms with Crippen LogP contribution in [0, 0.1) is 24.2 Å². The molecule has 0 N–H and O–H groups in total. The van der Waals surface area contributed by atoms with Crippen LogP contribution < -0.4 is 18.9 Å². The molecule has 0 fully saturated rings. The molecule has 1 unspecified atom stereocenters. The lowest BCUT2D eigenvalue weighted by Crippen LogP contribution is -2.33. The topological polar surface area (TPSA) is 64.0 Å². The molecule has 6 nitrogen and oxygen atoms in total. The Morgan fingerprint density at radius 3 is 2.18 bits per heavy atom. The molecule has 2 rings (SSSR count). The smallest absolute Gasteiger partial charge is 0.203 e. The molecule has 0 spiro atoms. The van der Waals surface area contributed by atoms with Crippen LogP contribution in [-0.4, -0.2) is 53.0 Å². The number of aryl methyl sites for hydroxylation is 1. The van der Waals surface area contributed by atoms with Gasteiger partial charge in [-0.1, -0.05) is 26.0 Å². The van der Waals surface area contributed by atoms with E-state index in [1.54, 1.807) is 21.3 Å². The first kappa shape index (κ1) is 26.3. The summed E-state index contributed by atoms with van der Waals surface area (Å²) in [6, 6.07) is 14.5. The standard InChI is InChI=1S/C27H38N2O4/c1-20(2)27(19-28,22-17-24(30-5)26(32-7)25(18-22)31-6)12-9-13-29(4)14-15-33-23-11-8-10-21(3)16-23/h8,10-11,16-18,20H,9,12-15H2,1-7H3. The molecule has 2 aromatic rings. The minimum atomic E-state index is -0.661. The highest BCUT2D eigenvalue weighted by atomic mass is 16.5. The van der Waals surface area contributed by atoms with Gasteiger partial charge in [0.15, 0.2) is 11.5 Å². The van der Waals surface area contributed by atoms with Crippen molar-refractivity contribution in [3.8, 4) is 29.1 Å². The van der Waals surface area contributed by atoms with Crippen LogP contribution in [-0.2, 0) is 5.41 Å². The Kier molecular flexibility index (Phi) is 9.87. The van der Waals surface area contributed by atoms with Crippen LogP contribution >= 0.6 is 0 Å². The largest absolute Gasteiger partial charge is 0.493 e. The van der Waals surface area contributed by atoms with Gasteiger partial charge in [0.1, 0.15) is 12.4 Å². The lowest BCUT2D eigenvalue weighted by atomic mass is 9.69. The predicted molar refractivity (Wildman–Crippen MR) is 132 cm³/mol. The Labute approximate surface area is 199 Å². The molecule has 0 aliphatic carbocycles. The van der Waals surface area contributed by atoms with Crippen LogP contribution in [0.15, 0.2) is 36.4 Å². The lowest BCUT2D eigenvalue weighted by Gasteiger charge is -2.33. The summed E-state index contributed by atoms with van der Waals surface area (Å²) in [6.07, 6.45) is 1.60. The summed E-state index contributed by atoms with van der Waals surface area (Å²) in [6.45, 7) is 8.55. The third-order valence-electron chi connectivity index (χ3n) is 6.21. The average molecular weight is 455 g/mol. The van der Waals surface area contributed by atoms with Gasteiger partial charge in [0.25, 0.3) is 0 Å². The third-order valence-corrected chi connectivity index (χ3v) is 6.21. The van der Waals surface area contributed by atoms with Gasteiger partial charge in [0.2, 0.25) is 5.75 Å². The normalized spacial score (nSPS) is 12.8. The molecule has 0 aliphatic rings. The molecule has 0 aliphatic heterocycles. The highest BCUT2D eigenvalue weighted by Gasteiger charge is 2.37. The summed E-state index contributed by atoms with van der Waals surface area (Å²) in [4.78, 5) is 2.24.